The minimum atomic E-state index is -0.118. The zero-order valence-electron chi connectivity index (χ0n) is 18.2. The van der Waals surface area contributed by atoms with Gasteiger partial charge in [-0.2, -0.15) is 0 Å². The highest BCUT2D eigenvalue weighted by atomic mass is 35.5. The fourth-order valence-corrected chi connectivity index (χ4v) is 4.37. The molecule has 0 fully saturated rings. The number of rotatable bonds is 5. The molecule has 2 aromatic carbocycles. The zero-order valence-corrected chi connectivity index (χ0v) is 18.9. The van der Waals surface area contributed by atoms with Crippen molar-refractivity contribution in [2.45, 2.75) is 6.61 Å². The smallest absolute Gasteiger partial charge is 0.223 e. The third kappa shape index (κ3) is 3.63. The van der Waals surface area contributed by atoms with Crippen molar-refractivity contribution < 1.29 is 9.84 Å². The number of aromatic nitrogens is 4. The lowest BCUT2D eigenvalue weighted by Gasteiger charge is -2.20. The maximum Gasteiger partial charge on any atom is 0.223 e. The number of hydrogen-bond donors (Lipinski definition) is 1. The lowest BCUT2D eigenvalue weighted by Crippen LogP contribution is -2.02. The van der Waals surface area contributed by atoms with Crippen LogP contribution in [0.3, 0.4) is 0 Å². The fourth-order valence-electron chi connectivity index (χ4n) is 4.24. The Labute approximate surface area is 196 Å². The van der Waals surface area contributed by atoms with Crippen LogP contribution in [-0.4, -0.2) is 31.7 Å². The van der Waals surface area contributed by atoms with Crippen molar-refractivity contribution in [3.63, 3.8) is 0 Å². The van der Waals surface area contributed by atoms with E-state index in [4.69, 9.17) is 21.3 Å². The zero-order chi connectivity index (χ0) is 22.9. The Morgan fingerprint density at radius 1 is 0.939 bits per heavy atom. The minimum Gasteiger partial charge on any atom is -0.480 e. The molecule has 0 aliphatic heterocycles. The molecule has 0 bridgehead atoms. The molecule has 0 aliphatic carbocycles. The molecule has 0 unspecified atom stereocenters. The van der Waals surface area contributed by atoms with E-state index in [1.807, 2.05) is 66.3 Å². The van der Waals surface area contributed by atoms with Crippen LogP contribution in [0.4, 0.5) is 0 Å². The summed E-state index contributed by atoms with van der Waals surface area (Å²) < 4.78 is 7.71. The molecule has 33 heavy (non-hydrogen) atoms. The maximum absolute atomic E-state index is 10.3. The first-order valence-corrected chi connectivity index (χ1v) is 10.8. The molecule has 164 valence electrons. The van der Waals surface area contributed by atoms with Gasteiger partial charge >= 0.3 is 0 Å². The first-order chi connectivity index (χ1) is 16.1. The maximum atomic E-state index is 10.3. The van der Waals surface area contributed by atoms with E-state index in [0.29, 0.717) is 10.9 Å². The number of ether oxygens (including phenoxy) is 1. The van der Waals surface area contributed by atoms with Crippen molar-refractivity contribution >= 4 is 22.5 Å². The molecule has 5 rings (SSSR count). The topological polar surface area (TPSA) is 73.1 Å². The Morgan fingerprint density at radius 3 is 2.39 bits per heavy atom. The standard InChI is InChI=1S/C26H21ClN4O2/c1-31-15-29-13-21(31)25-23(17-4-3-11-28-12-17)24-20(30-26(25)33-2)10-7-18(14-32)22(24)16-5-8-19(27)9-6-16/h3-13,15,32H,14H2,1-2H3. The van der Waals surface area contributed by atoms with Crippen molar-refractivity contribution in [3.05, 3.63) is 84.0 Å². The lowest BCUT2D eigenvalue weighted by molar-refractivity contribution is 0.282. The van der Waals surface area contributed by atoms with E-state index in [1.54, 1.807) is 25.8 Å². The van der Waals surface area contributed by atoms with Crippen LogP contribution in [0.2, 0.25) is 5.02 Å². The molecule has 0 atom stereocenters. The van der Waals surface area contributed by atoms with Gasteiger partial charge in [0.1, 0.15) is 0 Å². The molecule has 0 saturated carbocycles. The third-order valence-corrected chi connectivity index (χ3v) is 5.98. The monoisotopic (exact) mass is 456 g/mol. The van der Waals surface area contributed by atoms with Crippen molar-refractivity contribution in [1.29, 1.82) is 0 Å². The summed E-state index contributed by atoms with van der Waals surface area (Å²) in [7, 11) is 3.55. The van der Waals surface area contributed by atoms with Crippen molar-refractivity contribution in [2.24, 2.45) is 7.05 Å². The summed E-state index contributed by atoms with van der Waals surface area (Å²) in [6.45, 7) is -0.118. The number of aliphatic hydroxyl groups is 1. The van der Waals surface area contributed by atoms with E-state index < -0.39 is 0 Å². The molecule has 0 saturated heterocycles. The highest BCUT2D eigenvalue weighted by Gasteiger charge is 2.24. The number of methoxy groups -OCH3 is 1. The normalized spacial score (nSPS) is 11.2. The van der Waals surface area contributed by atoms with Crippen LogP contribution >= 0.6 is 11.6 Å². The number of halogens is 1. The molecule has 3 aromatic heterocycles. The average Bonchev–Trinajstić information content (AvgIpc) is 3.28. The van der Waals surface area contributed by atoms with E-state index >= 15 is 0 Å². The van der Waals surface area contributed by atoms with E-state index in [0.717, 1.165) is 50.0 Å². The molecule has 0 spiro atoms. The van der Waals surface area contributed by atoms with Crippen LogP contribution in [-0.2, 0) is 13.7 Å². The molecule has 0 radical (unpaired) electrons. The summed E-state index contributed by atoms with van der Waals surface area (Å²) in [6, 6.07) is 15.3. The van der Waals surface area contributed by atoms with Gasteiger partial charge in [-0.15, -0.1) is 0 Å². The highest BCUT2D eigenvalue weighted by Crippen LogP contribution is 2.46. The molecule has 6 nitrogen and oxygen atoms in total. The molecule has 0 amide bonds. The van der Waals surface area contributed by atoms with Gasteiger partial charge in [-0.25, -0.2) is 9.97 Å². The van der Waals surface area contributed by atoms with Gasteiger partial charge < -0.3 is 14.4 Å². The molecule has 1 N–H and O–H groups in total. The van der Waals surface area contributed by atoms with E-state index in [2.05, 4.69) is 9.97 Å². The van der Waals surface area contributed by atoms with Crippen molar-refractivity contribution in [1.82, 2.24) is 19.5 Å². The van der Waals surface area contributed by atoms with Gasteiger partial charge in [0.2, 0.25) is 5.88 Å². The first-order valence-electron chi connectivity index (χ1n) is 10.4. The van der Waals surface area contributed by atoms with Gasteiger partial charge in [0, 0.05) is 41.0 Å². The molecule has 5 aromatic rings. The Bertz CT molecular complexity index is 1450. The average molecular weight is 457 g/mol. The number of hydrogen-bond acceptors (Lipinski definition) is 5. The molecule has 3 heterocycles. The van der Waals surface area contributed by atoms with Crippen LogP contribution in [0.5, 0.6) is 5.88 Å². The predicted octanol–water partition coefficient (Wildman–Crippen LogP) is 5.52. The summed E-state index contributed by atoms with van der Waals surface area (Å²) in [5, 5.41) is 11.8. The fraction of sp³-hybridized carbons (Fsp3) is 0.115. The number of fused-ring (bicyclic) bond motifs is 1. The summed E-state index contributed by atoms with van der Waals surface area (Å²) in [4.78, 5) is 13.6. The van der Waals surface area contributed by atoms with Crippen molar-refractivity contribution in [3.8, 4) is 39.4 Å². The lowest BCUT2D eigenvalue weighted by atomic mass is 9.88. The Kier molecular flexibility index (Phi) is 5.54. The third-order valence-electron chi connectivity index (χ3n) is 5.73. The second kappa shape index (κ2) is 8.65. The van der Waals surface area contributed by atoms with E-state index in [9.17, 15) is 5.11 Å². The van der Waals surface area contributed by atoms with E-state index in [-0.39, 0.29) is 6.61 Å². The molecule has 7 heteroatoms. The SMILES string of the molecule is COc1nc2ccc(CO)c(-c3ccc(Cl)cc3)c2c(-c2cccnc2)c1-c1cncn1C. The Morgan fingerprint density at radius 2 is 1.76 bits per heavy atom. The second-order valence-electron chi connectivity index (χ2n) is 7.66. The van der Waals surface area contributed by atoms with Crippen LogP contribution in [0.1, 0.15) is 5.56 Å². The largest absolute Gasteiger partial charge is 0.480 e. The van der Waals surface area contributed by atoms with Crippen LogP contribution in [0.15, 0.2) is 73.4 Å². The molecule has 0 aliphatic rings. The number of aliphatic hydroxyl groups excluding tert-OH is 1. The number of pyridine rings is 2. The molecular formula is C26H21ClN4O2. The summed E-state index contributed by atoms with van der Waals surface area (Å²) in [5.74, 6) is 0.490. The van der Waals surface area contributed by atoms with Gasteiger partial charge in [0.25, 0.3) is 0 Å². The van der Waals surface area contributed by atoms with Gasteiger partial charge in [0.05, 0.1) is 43.0 Å². The van der Waals surface area contributed by atoms with Gasteiger partial charge in [0.15, 0.2) is 0 Å². The number of benzene rings is 2. The van der Waals surface area contributed by atoms with Crippen LogP contribution < -0.4 is 4.74 Å². The highest BCUT2D eigenvalue weighted by molar-refractivity contribution is 6.30. The summed E-state index contributed by atoms with van der Waals surface area (Å²) in [5.41, 5.74) is 6.85. The Hall–Kier alpha value is -3.74. The van der Waals surface area contributed by atoms with Gasteiger partial charge in [-0.1, -0.05) is 35.9 Å². The Balaban J connectivity index is 2.02. The van der Waals surface area contributed by atoms with Crippen LogP contribution in [0, 0.1) is 0 Å². The minimum absolute atomic E-state index is 0.118. The van der Waals surface area contributed by atoms with Gasteiger partial charge in [-0.3, -0.25) is 4.98 Å². The van der Waals surface area contributed by atoms with Crippen molar-refractivity contribution in [2.75, 3.05) is 7.11 Å². The number of imidazole rings is 1. The molecular weight excluding hydrogens is 436 g/mol. The first kappa shape index (κ1) is 21.1. The number of aryl methyl sites for hydroxylation is 1. The summed E-state index contributed by atoms with van der Waals surface area (Å²) in [6.07, 6.45) is 7.11. The summed E-state index contributed by atoms with van der Waals surface area (Å²) >= 11 is 6.17. The second-order valence-corrected chi connectivity index (χ2v) is 8.10. The quantitative estimate of drug-likeness (QED) is 0.377. The predicted molar refractivity (Wildman–Crippen MR) is 130 cm³/mol. The van der Waals surface area contributed by atoms with E-state index in [1.165, 1.54) is 0 Å². The number of nitrogens with zero attached hydrogens (tertiary/aromatic N) is 4. The van der Waals surface area contributed by atoms with Gasteiger partial charge in [-0.05, 0) is 41.0 Å². The van der Waals surface area contributed by atoms with Crippen LogP contribution in [0.25, 0.3) is 44.4 Å².